The molecule has 1 heterocycles. The van der Waals surface area contributed by atoms with Crippen LogP contribution in [-0.2, 0) is 9.53 Å². The first-order chi connectivity index (χ1) is 9.08. The normalized spacial score (nSPS) is 23.2. The van der Waals surface area contributed by atoms with E-state index in [0.717, 1.165) is 0 Å². The van der Waals surface area contributed by atoms with Crippen LogP contribution in [-0.4, -0.2) is 42.7 Å². The fraction of sp³-hybridized carbons (Fsp3) is 0.500. The van der Waals surface area contributed by atoms with Crippen LogP contribution in [0.1, 0.15) is 13.8 Å². The number of nitrogens with zero attached hydrogens (tertiary/aromatic N) is 1. The Morgan fingerprint density at radius 2 is 2.32 bits per heavy atom. The first-order valence-electron chi connectivity index (χ1n) is 6.37. The Bertz CT molecular complexity index is 452. The lowest BCUT2D eigenvalue weighted by Gasteiger charge is -2.37. The van der Waals surface area contributed by atoms with Gasteiger partial charge in [-0.05, 0) is 26.0 Å². The van der Waals surface area contributed by atoms with Gasteiger partial charge < -0.3 is 14.4 Å². The molecule has 0 saturated carbocycles. The van der Waals surface area contributed by atoms with E-state index in [2.05, 4.69) is 0 Å². The number of morpholine rings is 1. The molecule has 0 aliphatic carbocycles. The van der Waals surface area contributed by atoms with Gasteiger partial charge >= 0.3 is 0 Å². The Balaban J connectivity index is 1.90. The minimum Gasteiger partial charge on any atom is -0.484 e. The van der Waals surface area contributed by atoms with Gasteiger partial charge in [-0.3, -0.25) is 4.79 Å². The Labute approximate surface area is 112 Å². The van der Waals surface area contributed by atoms with Crippen molar-refractivity contribution in [3.8, 4) is 5.75 Å². The predicted molar refractivity (Wildman–Crippen MR) is 68.5 cm³/mol. The molecule has 1 aromatic carbocycles. The number of rotatable bonds is 3. The molecule has 5 heteroatoms. The molecule has 0 spiro atoms. The van der Waals surface area contributed by atoms with Crippen molar-refractivity contribution in [3.63, 3.8) is 0 Å². The molecule has 0 N–H and O–H groups in total. The average molecular weight is 267 g/mol. The lowest BCUT2D eigenvalue weighted by molar-refractivity contribution is -0.146. The largest absolute Gasteiger partial charge is 0.484 e. The van der Waals surface area contributed by atoms with Gasteiger partial charge in [0.25, 0.3) is 5.91 Å². The molecular formula is C14H18FNO3. The first-order valence-corrected chi connectivity index (χ1v) is 6.37. The summed E-state index contributed by atoms with van der Waals surface area (Å²) in [5.41, 5.74) is 0. The molecule has 1 saturated heterocycles. The number of benzene rings is 1. The number of carbonyl (C=O) groups excluding carboxylic acids is 1. The van der Waals surface area contributed by atoms with Crippen LogP contribution in [0.4, 0.5) is 4.39 Å². The highest BCUT2D eigenvalue weighted by Crippen LogP contribution is 2.15. The first kappa shape index (κ1) is 13.8. The molecule has 1 fully saturated rings. The van der Waals surface area contributed by atoms with E-state index < -0.39 is 0 Å². The molecule has 0 bridgehead atoms. The maximum atomic E-state index is 13.0. The van der Waals surface area contributed by atoms with E-state index in [9.17, 15) is 9.18 Å². The van der Waals surface area contributed by atoms with Gasteiger partial charge in [0.15, 0.2) is 6.61 Å². The number of carbonyl (C=O) groups is 1. The van der Waals surface area contributed by atoms with Crippen LogP contribution in [0, 0.1) is 5.82 Å². The molecular weight excluding hydrogens is 249 g/mol. The summed E-state index contributed by atoms with van der Waals surface area (Å²) in [6.45, 7) is 4.91. The second-order valence-electron chi connectivity index (χ2n) is 4.65. The van der Waals surface area contributed by atoms with E-state index in [0.29, 0.717) is 18.9 Å². The highest BCUT2D eigenvalue weighted by Gasteiger charge is 2.29. The Hall–Kier alpha value is -1.62. The van der Waals surface area contributed by atoms with E-state index in [-0.39, 0.29) is 30.5 Å². The molecule has 0 radical (unpaired) electrons. The Morgan fingerprint density at radius 1 is 1.53 bits per heavy atom. The monoisotopic (exact) mass is 267 g/mol. The van der Waals surface area contributed by atoms with Gasteiger partial charge in [-0.1, -0.05) is 6.07 Å². The Morgan fingerprint density at radius 3 is 3.05 bits per heavy atom. The van der Waals surface area contributed by atoms with Crippen LogP contribution >= 0.6 is 0 Å². The predicted octanol–water partition coefficient (Wildman–Crippen LogP) is 1.84. The molecule has 4 nitrogen and oxygen atoms in total. The van der Waals surface area contributed by atoms with Crippen molar-refractivity contribution in [2.24, 2.45) is 0 Å². The lowest BCUT2D eigenvalue weighted by atomic mass is 10.1. The molecule has 0 aromatic heterocycles. The molecule has 19 heavy (non-hydrogen) atoms. The minimum absolute atomic E-state index is 0.0202. The number of hydrogen-bond acceptors (Lipinski definition) is 3. The zero-order valence-electron chi connectivity index (χ0n) is 11.1. The minimum atomic E-state index is -0.377. The van der Waals surface area contributed by atoms with Gasteiger partial charge in [0, 0.05) is 12.6 Å². The highest BCUT2D eigenvalue weighted by atomic mass is 19.1. The summed E-state index contributed by atoms with van der Waals surface area (Å²) >= 11 is 0. The number of ether oxygens (including phenoxy) is 2. The molecule has 1 aromatic rings. The van der Waals surface area contributed by atoms with Crippen molar-refractivity contribution in [1.82, 2.24) is 4.90 Å². The molecule has 2 atom stereocenters. The van der Waals surface area contributed by atoms with Gasteiger partial charge in [-0.25, -0.2) is 4.39 Å². The fourth-order valence-corrected chi connectivity index (χ4v) is 2.07. The van der Waals surface area contributed by atoms with Crippen molar-refractivity contribution in [3.05, 3.63) is 30.1 Å². The topological polar surface area (TPSA) is 38.8 Å². The fourth-order valence-electron chi connectivity index (χ4n) is 2.07. The smallest absolute Gasteiger partial charge is 0.260 e. The van der Waals surface area contributed by atoms with Crippen LogP contribution in [0.3, 0.4) is 0 Å². The standard InChI is InChI=1S/C14H18FNO3/c1-10-11(2)18-7-6-16(10)14(17)9-19-13-5-3-4-12(15)8-13/h3-5,8,10-11H,6-7,9H2,1-2H3. The maximum absolute atomic E-state index is 13.0. The van der Waals surface area contributed by atoms with Crippen LogP contribution in [0.25, 0.3) is 0 Å². The molecule has 2 unspecified atom stereocenters. The molecule has 2 rings (SSSR count). The summed E-state index contributed by atoms with van der Waals surface area (Å²) in [6.07, 6.45) is 0.0202. The van der Waals surface area contributed by atoms with Gasteiger partial charge in [0.05, 0.1) is 18.8 Å². The third-order valence-corrected chi connectivity index (χ3v) is 3.36. The van der Waals surface area contributed by atoms with E-state index in [1.54, 1.807) is 17.0 Å². The second-order valence-corrected chi connectivity index (χ2v) is 4.65. The van der Waals surface area contributed by atoms with Crippen LogP contribution in [0.15, 0.2) is 24.3 Å². The van der Waals surface area contributed by atoms with E-state index in [4.69, 9.17) is 9.47 Å². The van der Waals surface area contributed by atoms with Crippen LogP contribution < -0.4 is 4.74 Å². The summed E-state index contributed by atoms with van der Waals surface area (Å²) in [4.78, 5) is 13.8. The number of hydrogen-bond donors (Lipinski definition) is 0. The second kappa shape index (κ2) is 6.02. The molecule has 1 amide bonds. The average Bonchev–Trinajstić information content (AvgIpc) is 2.39. The summed E-state index contributed by atoms with van der Waals surface area (Å²) < 4.78 is 23.7. The van der Waals surface area contributed by atoms with Gasteiger partial charge in [0.2, 0.25) is 0 Å². The van der Waals surface area contributed by atoms with Crippen molar-refractivity contribution < 1.29 is 18.7 Å². The van der Waals surface area contributed by atoms with Crippen LogP contribution in [0.5, 0.6) is 5.75 Å². The van der Waals surface area contributed by atoms with E-state index in [1.165, 1.54) is 12.1 Å². The Kier molecular flexibility index (Phi) is 4.37. The van der Waals surface area contributed by atoms with Crippen molar-refractivity contribution in [2.75, 3.05) is 19.8 Å². The van der Waals surface area contributed by atoms with Crippen molar-refractivity contribution >= 4 is 5.91 Å². The summed E-state index contributed by atoms with van der Waals surface area (Å²) in [7, 11) is 0. The number of halogens is 1. The van der Waals surface area contributed by atoms with E-state index in [1.807, 2.05) is 13.8 Å². The quantitative estimate of drug-likeness (QED) is 0.839. The summed E-state index contributed by atoms with van der Waals surface area (Å²) in [5, 5.41) is 0. The van der Waals surface area contributed by atoms with Gasteiger partial charge in [-0.15, -0.1) is 0 Å². The molecule has 1 aliphatic rings. The SMILES string of the molecule is CC1OCCN(C(=O)COc2cccc(F)c2)C1C. The maximum Gasteiger partial charge on any atom is 0.260 e. The van der Waals surface area contributed by atoms with Gasteiger partial charge in [-0.2, -0.15) is 0 Å². The summed E-state index contributed by atoms with van der Waals surface area (Å²) in [6, 6.07) is 5.80. The van der Waals surface area contributed by atoms with Crippen molar-refractivity contribution in [2.45, 2.75) is 26.0 Å². The lowest BCUT2D eigenvalue weighted by Crippen LogP contribution is -2.52. The third-order valence-electron chi connectivity index (χ3n) is 3.36. The number of amides is 1. The highest BCUT2D eigenvalue weighted by molar-refractivity contribution is 5.78. The third kappa shape index (κ3) is 3.44. The van der Waals surface area contributed by atoms with Crippen molar-refractivity contribution in [1.29, 1.82) is 0 Å². The molecule has 1 aliphatic heterocycles. The molecule has 104 valence electrons. The summed E-state index contributed by atoms with van der Waals surface area (Å²) in [5.74, 6) is -0.118. The van der Waals surface area contributed by atoms with E-state index >= 15 is 0 Å². The zero-order valence-corrected chi connectivity index (χ0v) is 11.1. The van der Waals surface area contributed by atoms with Gasteiger partial charge in [0.1, 0.15) is 11.6 Å². The zero-order chi connectivity index (χ0) is 13.8. The van der Waals surface area contributed by atoms with Crippen LogP contribution in [0.2, 0.25) is 0 Å².